The van der Waals surface area contributed by atoms with Gasteiger partial charge in [-0.2, -0.15) is 9.65 Å². The van der Waals surface area contributed by atoms with Crippen molar-refractivity contribution in [2.75, 3.05) is 10.6 Å². The third-order valence-corrected chi connectivity index (χ3v) is 6.29. The highest BCUT2D eigenvalue weighted by Gasteiger charge is 2.28. The normalized spacial score (nSPS) is 13.9. The summed E-state index contributed by atoms with van der Waals surface area (Å²) in [5, 5.41) is 19.1. The van der Waals surface area contributed by atoms with E-state index < -0.39 is 11.8 Å². The molecule has 0 fully saturated rings. The maximum atomic E-state index is 13.8. The summed E-state index contributed by atoms with van der Waals surface area (Å²) < 4.78 is 27.2. The maximum absolute atomic E-state index is 13.8. The molecule has 0 amide bonds. The highest BCUT2D eigenvalue weighted by molar-refractivity contribution is 6.36. The van der Waals surface area contributed by atoms with Gasteiger partial charge in [0, 0.05) is 47.3 Å². The molecule has 12 heteroatoms. The number of fused-ring (bicyclic) bond motifs is 1. The Hall–Kier alpha value is -4.37. The van der Waals surface area contributed by atoms with Crippen molar-refractivity contribution in [3.8, 4) is 6.07 Å². The molecule has 9 nitrogen and oxygen atoms in total. The Kier molecular flexibility index (Phi) is 7.02. The number of anilines is 3. The molecule has 5 rings (SSSR count). The van der Waals surface area contributed by atoms with Crippen molar-refractivity contribution in [1.29, 1.82) is 5.26 Å². The smallest absolute Gasteiger partial charge is 0.249 e. The van der Waals surface area contributed by atoms with Gasteiger partial charge in [0.05, 0.1) is 39.9 Å². The number of hydrogen-bond donors (Lipinski definition) is 4. The van der Waals surface area contributed by atoms with Crippen LogP contribution in [0.25, 0.3) is 10.9 Å². The Balaban J connectivity index is 1.59. The molecule has 0 saturated carbocycles. The fourth-order valence-electron chi connectivity index (χ4n) is 4.11. The van der Waals surface area contributed by atoms with Crippen molar-refractivity contribution in [1.82, 2.24) is 25.5 Å². The van der Waals surface area contributed by atoms with E-state index in [1.165, 1.54) is 6.20 Å². The lowest BCUT2D eigenvalue weighted by atomic mass is 10.0. The van der Waals surface area contributed by atoms with Gasteiger partial charge in [-0.3, -0.25) is 15.0 Å². The van der Waals surface area contributed by atoms with E-state index in [2.05, 4.69) is 51.0 Å². The Morgan fingerprint density at radius 2 is 1.97 bits per heavy atom. The predicted molar refractivity (Wildman–Crippen MR) is 140 cm³/mol. The summed E-state index contributed by atoms with van der Waals surface area (Å²) in [6.07, 6.45) is 8.03. The van der Waals surface area contributed by atoms with E-state index in [0.717, 1.165) is 23.5 Å². The molecule has 1 aromatic carbocycles. The first-order chi connectivity index (χ1) is 18.3. The van der Waals surface area contributed by atoms with Crippen LogP contribution in [0, 0.1) is 23.1 Å². The predicted octanol–water partition coefficient (Wildman–Crippen LogP) is 4.27. The summed E-state index contributed by atoms with van der Waals surface area (Å²) >= 11 is 6.64. The van der Waals surface area contributed by atoms with Crippen LogP contribution >= 0.6 is 11.6 Å². The number of pyridine rings is 3. The van der Waals surface area contributed by atoms with Crippen LogP contribution in [-0.4, -0.2) is 26.0 Å². The molecule has 4 aromatic rings. The second-order valence-corrected chi connectivity index (χ2v) is 9.31. The second kappa shape index (κ2) is 10.5. The number of nitrogens with two attached hydrogens (primary N) is 1. The van der Waals surface area contributed by atoms with Gasteiger partial charge in [-0.1, -0.05) is 23.2 Å². The molecule has 0 saturated heterocycles. The van der Waals surface area contributed by atoms with Gasteiger partial charge in [0.15, 0.2) is 11.5 Å². The van der Waals surface area contributed by atoms with E-state index in [0.29, 0.717) is 27.3 Å². The molecular weight excluding hydrogens is 512 g/mol. The van der Waals surface area contributed by atoms with Gasteiger partial charge in [0.2, 0.25) is 5.95 Å². The van der Waals surface area contributed by atoms with Crippen molar-refractivity contribution >= 4 is 39.6 Å². The van der Waals surface area contributed by atoms with Crippen molar-refractivity contribution in [2.45, 2.75) is 25.9 Å². The third kappa shape index (κ3) is 5.05. The lowest BCUT2D eigenvalue weighted by Crippen LogP contribution is -2.91. The fraction of sp³-hybridized carbons (Fsp3) is 0.154. The molecule has 1 unspecified atom stereocenters. The van der Waals surface area contributed by atoms with Crippen molar-refractivity contribution in [2.24, 2.45) is 0 Å². The number of nitriles is 1. The van der Waals surface area contributed by atoms with E-state index in [9.17, 15) is 14.0 Å². The lowest BCUT2D eigenvalue weighted by molar-refractivity contribution is -0.679. The first kappa shape index (κ1) is 25.3. The van der Waals surface area contributed by atoms with Crippen molar-refractivity contribution < 1.29 is 14.2 Å². The number of rotatable bonds is 7. The molecule has 1 aliphatic rings. The molecule has 5 N–H and O–H groups in total. The zero-order valence-electron chi connectivity index (χ0n) is 20.4. The molecule has 1 aliphatic heterocycles. The lowest BCUT2D eigenvalue weighted by Gasteiger charge is -2.20. The van der Waals surface area contributed by atoms with Gasteiger partial charge in [-0.05, 0) is 32.0 Å². The first-order valence-electron chi connectivity index (χ1n) is 11.7. The quantitative estimate of drug-likeness (QED) is 0.205. The van der Waals surface area contributed by atoms with Crippen LogP contribution in [0.5, 0.6) is 0 Å². The zero-order valence-corrected chi connectivity index (χ0v) is 21.1. The zero-order chi connectivity index (χ0) is 26.8. The summed E-state index contributed by atoms with van der Waals surface area (Å²) in [6.45, 7) is 4.15. The molecule has 0 aliphatic carbocycles. The first-order valence-corrected chi connectivity index (χ1v) is 12.1. The average molecular weight is 535 g/mol. The minimum absolute atomic E-state index is 0.168. The van der Waals surface area contributed by atoms with Gasteiger partial charge < -0.3 is 10.6 Å². The number of hydrogen-bond acceptors (Lipinski definition) is 8. The molecule has 3 aromatic heterocycles. The number of benzene rings is 1. The third-order valence-electron chi connectivity index (χ3n) is 6.00. The van der Waals surface area contributed by atoms with Gasteiger partial charge in [-0.15, -0.1) is 0 Å². The van der Waals surface area contributed by atoms with E-state index in [1.54, 1.807) is 24.5 Å². The Labute approximate surface area is 222 Å². The standard InChI is InChI=1S/C26H22ClF2N9/c1-14(2)38-13-22(36-37-38)24(15-4-3-5-31-10-15)34-17-6-19-23(35-18-8-21(28)26(29)33-12-18)16(9-30)11-32-25(19)20(27)7-17/h3-8,10-14,24,34,36-37H,1-2H3,(H,32,35)/p+1. The van der Waals surface area contributed by atoms with E-state index in [-0.39, 0.29) is 23.3 Å². The highest BCUT2D eigenvalue weighted by atomic mass is 35.5. The molecule has 192 valence electrons. The summed E-state index contributed by atoms with van der Waals surface area (Å²) in [6, 6.07) is 10.4. The number of hydrazine groups is 1. The summed E-state index contributed by atoms with van der Waals surface area (Å²) in [7, 11) is 0. The Bertz CT molecular complexity index is 1570. The van der Waals surface area contributed by atoms with E-state index in [1.807, 2.05) is 28.8 Å². The molecule has 4 heterocycles. The number of aromatic nitrogens is 3. The molecule has 1 atom stereocenters. The fourth-order valence-corrected chi connectivity index (χ4v) is 4.38. The van der Waals surface area contributed by atoms with Crippen molar-refractivity contribution in [3.05, 3.63) is 94.9 Å². The second-order valence-electron chi connectivity index (χ2n) is 8.90. The summed E-state index contributed by atoms with van der Waals surface area (Å²) in [5.41, 5.74) is 8.86. The van der Waals surface area contributed by atoms with Crippen LogP contribution in [0.2, 0.25) is 5.02 Å². The van der Waals surface area contributed by atoms with Gasteiger partial charge in [0.25, 0.3) is 0 Å². The Morgan fingerprint density at radius 1 is 1.13 bits per heavy atom. The number of nitrogens with zero attached hydrogens (tertiary/aromatic N) is 5. The molecule has 38 heavy (non-hydrogen) atoms. The monoisotopic (exact) mass is 534 g/mol. The SMILES string of the molecule is CC(C)N1C=C(C(Nc2cc(Cl)c3ncc(C#N)c(Nc4cnc(F)c(F)c4)c3c2)c2cccnc2)[NH2+]N1. The van der Waals surface area contributed by atoms with Gasteiger partial charge >= 0.3 is 0 Å². The number of quaternary nitrogens is 1. The van der Waals surface area contributed by atoms with Crippen LogP contribution in [0.4, 0.5) is 25.8 Å². The summed E-state index contributed by atoms with van der Waals surface area (Å²) in [5.74, 6) is -2.33. The van der Waals surface area contributed by atoms with E-state index >= 15 is 0 Å². The maximum Gasteiger partial charge on any atom is 0.249 e. The molecule has 0 radical (unpaired) electrons. The minimum Gasteiger partial charge on any atom is -0.370 e. The highest BCUT2D eigenvalue weighted by Crippen LogP contribution is 2.36. The van der Waals surface area contributed by atoms with E-state index in [4.69, 9.17) is 11.6 Å². The number of halogens is 3. The Morgan fingerprint density at radius 3 is 2.66 bits per heavy atom. The van der Waals surface area contributed by atoms with Crippen LogP contribution < -0.4 is 21.6 Å². The topological polar surface area (TPSA) is 118 Å². The van der Waals surface area contributed by atoms with Gasteiger partial charge in [-0.25, -0.2) is 14.8 Å². The number of nitrogens with one attached hydrogen (secondary N) is 3. The summed E-state index contributed by atoms with van der Waals surface area (Å²) in [4.78, 5) is 12.0. The molecular formula is C26H23ClF2N9+. The average Bonchev–Trinajstić information content (AvgIpc) is 3.41. The van der Waals surface area contributed by atoms with Crippen LogP contribution in [0.15, 0.2) is 67.0 Å². The van der Waals surface area contributed by atoms with Gasteiger partial charge in [0.1, 0.15) is 12.1 Å². The van der Waals surface area contributed by atoms with Crippen LogP contribution in [0.1, 0.15) is 31.0 Å². The molecule has 0 bridgehead atoms. The van der Waals surface area contributed by atoms with Crippen molar-refractivity contribution in [3.63, 3.8) is 0 Å². The van der Waals surface area contributed by atoms with Crippen LogP contribution in [0.3, 0.4) is 0 Å². The largest absolute Gasteiger partial charge is 0.370 e. The molecule has 0 spiro atoms. The minimum atomic E-state index is -1.21. The van der Waals surface area contributed by atoms with Crippen LogP contribution in [-0.2, 0) is 0 Å².